The lowest BCUT2D eigenvalue weighted by Crippen LogP contribution is -2.46. The lowest BCUT2D eigenvalue weighted by atomic mass is 9.85. The molecule has 5 nitrogen and oxygen atoms in total. The van der Waals surface area contributed by atoms with Gasteiger partial charge in [0.05, 0.1) is 5.39 Å². The van der Waals surface area contributed by atoms with Crippen LogP contribution < -0.4 is 5.56 Å². The lowest BCUT2D eigenvalue weighted by molar-refractivity contribution is 0.0566. The topological polar surface area (TPSA) is 66.1 Å². The summed E-state index contributed by atoms with van der Waals surface area (Å²) in [6.07, 6.45) is 3.68. The van der Waals surface area contributed by atoms with Gasteiger partial charge in [-0.2, -0.15) is 5.10 Å². The van der Waals surface area contributed by atoms with Gasteiger partial charge in [0.1, 0.15) is 5.82 Å². The molecule has 2 aliphatic heterocycles. The molecule has 2 aromatic carbocycles. The van der Waals surface area contributed by atoms with E-state index in [9.17, 15) is 14.0 Å². The first kappa shape index (κ1) is 17.1. The number of hydrogen-bond acceptors (Lipinski definition) is 3. The van der Waals surface area contributed by atoms with Crippen molar-refractivity contribution in [2.45, 2.75) is 43.7 Å². The number of benzene rings is 2. The highest BCUT2D eigenvalue weighted by atomic mass is 19.1. The van der Waals surface area contributed by atoms with E-state index < -0.39 is 0 Å². The average Bonchev–Trinajstić information content (AvgIpc) is 2.98. The SMILES string of the molecule is O=C(c1n[nH]c(=O)c2ccccc12)N1[C@@H]2CC[C@H]1CC(c1ccc(F)cc1)C2. The molecule has 2 fully saturated rings. The molecule has 5 rings (SSSR count). The molecule has 0 radical (unpaired) electrons. The van der Waals surface area contributed by atoms with E-state index in [4.69, 9.17) is 0 Å². The second-order valence-electron chi connectivity index (χ2n) is 7.76. The summed E-state index contributed by atoms with van der Waals surface area (Å²) in [5, 5.41) is 7.63. The van der Waals surface area contributed by atoms with Gasteiger partial charge in [0, 0.05) is 17.5 Å². The molecule has 0 saturated carbocycles. The largest absolute Gasteiger partial charge is 0.331 e. The number of rotatable bonds is 2. The molecule has 1 N–H and O–H groups in total. The molecular formula is C22H20FN3O2. The highest BCUT2D eigenvalue weighted by molar-refractivity contribution is 6.05. The minimum atomic E-state index is -0.287. The number of nitrogens with zero attached hydrogens (tertiary/aromatic N) is 2. The first-order chi connectivity index (χ1) is 13.6. The number of aromatic amines is 1. The second-order valence-corrected chi connectivity index (χ2v) is 7.76. The summed E-state index contributed by atoms with van der Waals surface area (Å²) < 4.78 is 13.2. The van der Waals surface area contributed by atoms with Crippen LogP contribution in [-0.2, 0) is 0 Å². The smallest absolute Gasteiger partial charge is 0.275 e. The zero-order valence-electron chi connectivity index (χ0n) is 15.3. The van der Waals surface area contributed by atoms with Gasteiger partial charge in [-0.05, 0) is 55.4 Å². The van der Waals surface area contributed by atoms with Crippen molar-refractivity contribution >= 4 is 16.7 Å². The highest BCUT2D eigenvalue weighted by Crippen LogP contribution is 2.43. The molecular weight excluding hydrogens is 357 g/mol. The molecule has 1 unspecified atom stereocenters. The Morgan fingerprint density at radius 3 is 2.32 bits per heavy atom. The number of amides is 1. The van der Waals surface area contributed by atoms with Crippen molar-refractivity contribution in [1.29, 1.82) is 0 Å². The third kappa shape index (κ3) is 2.71. The van der Waals surface area contributed by atoms with E-state index in [0.717, 1.165) is 31.2 Å². The third-order valence-corrected chi connectivity index (χ3v) is 6.21. The van der Waals surface area contributed by atoms with Gasteiger partial charge in [-0.1, -0.05) is 30.3 Å². The van der Waals surface area contributed by atoms with Crippen LogP contribution in [-0.4, -0.2) is 33.1 Å². The van der Waals surface area contributed by atoms with Crippen LogP contribution in [0.3, 0.4) is 0 Å². The Bertz CT molecular complexity index is 1090. The van der Waals surface area contributed by atoms with E-state index in [2.05, 4.69) is 10.2 Å². The minimum absolute atomic E-state index is 0.113. The van der Waals surface area contributed by atoms with Crippen molar-refractivity contribution in [2.75, 3.05) is 0 Å². The third-order valence-electron chi connectivity index (χ3n) is 6.21. The summed E-state index contributed by atoms with van der Waals surface area (Å²) >= 11 is 0. The predicted molar refractivity (Wildman–Crippen MR) is 104 cm³/mol. The maximum Gasteiger partial charge on any atom is 0.275 e. The van der Waals surface area contributed by atoms with Crippen molar-refractivity contribution in [2.24, 2.45) is 0 Å². The molecule has 1 amide bonds. The van der Waals surface area contributed by atoms with E-state index in [0.29, 0.717) is 22.4 Å². The molecule has 28 heavy (non-hydrogen) atoms. The molecule has 3 heterocycles. The van der Waals surface area contributed by atoms with Crippen LogP contribution in [0, 0.1) is 5.82 Å². The van der Waals surface area contributed by atoms with Gasteiger partial charge in [0.15, 0.2) is 5.69 Å². The van der Waals surface area contributed by atoms with Crippen molar-refractivity contribution in [1.82, 2.24) is 15.1 Å². The van der Waals surface area contributed by atoms with Gasteiger partial charge in [-0.3, -0.25) is 9.59 Å². The molecule has 2 aliphatic rings. The van der Waals surface area contributed by atoms with E-state index in [-0.39, 0.29) is 29.4 Å². The molecule has 0 aliphatic carbocycles. The molecule has 6 heteroatoms. The maximum absolute atomic E-state index is 13.4. The fourth-order valence-electron chi connectivity index (χ4n) is 4.92. The van der Waals surface area contributed by atoms with E-state index >= 15 is 0 Å². The number of carbonyl (C=O) groups excluding carboxylic acids is 1. The normalized spacial score (nSPS) is 23.9. The summed E-state index contributed by atoms with van der Waals surface area (Å²) in [5.41, 5.74) is 1.16. The minimum Gasteiger partial charge on any atom is -0.331 e. The van der Waals surface area contributed by atoms with E-state index in [1.165, 1.54) is 12.1 Å². The fraction of sp³-hybridized carbons (Fsp3) is 0.318. The summed E-state index contributed by atoms with van der Waals surface area (Å²) in [6, 6.07) is 14.1. The van der Waals surface area contributed by atoms with Crippen LogP contribution in [0.4, 0.5) is 4.39 Å². The maximum atomic E-state index is 13.4. The van der Waals surface area contributed by atoms with Crippen molar-refractivity contribution in [3.05, 3.63) is 76.0 Å². The highest BCUT2D eigenvalue weighted by Gasteiger charge is 2.44. The average molecular weight is 377 g/mol. The Morgan fingerprint density at radius 2 is 1.64 bits per heavy atom. The first-order valence-electron chi connectivity index (χ1n) is 9.67. The van der Waals surface area contributed by atoms with Crippen LogP contribution >= 0.6 is 0 Å². The van der Waals surface area contributed by atoms with Crippen LogP contribution in [0.25, 0.3) is 10.8 Å². The standard InChI is InChI=1S/C22H20FN3O2/c23-15-7-5-13(6-8-15)14-11-16-9-10-17(12-14)26(16)22(28)20-18-3-1-2-4-19(18)21(27)25-24-20/h1-8,14,16-17H,9-12H2,(H,25,27)/t14?,16-,17+. The number of piperidine rings is 1. The fourth-order valence-corrected chi connectivity index (χ4v) is 4.92. The van der Waals surface area contributed by atoms with Crippen molar-refractivity contribution < 1.29 is 9.18 Å². The Balaban J connectivity index is 1.46. The van der Waals surface area contributed by atoms with E-state index in [1.54, 1.807) is 18.2 Å². The zero-order valence-corrected chi connectivity index (χ0v) is 15.3. The molecule has 2 saturated heterocycles. The van der Waals surface area contributed by atoms with Gasteiger partial charge < -0.3 is 4.90 Å². The Labute approximate surface area is 161 Å². The van der Waals surface area contributed by atoms with Crippen LogP contribution in [0.15, 0.2) is 53.3 Å². The van der Waals surface area contributed by atoms with Gasteiger partial charge in [0.25, 0.3) is 11.5 Å². The van der Waals surface area contributed by atoms with Gasteiger partial charge in [-0.25, -0.2) is 9.49 Å². The summed E-state index contributed by atoms with van der Waals surface area (Å²) in [6.45, 7) is 0. The van der Waals surface area contributed by atoms with Gasteiger partial charge in [0.2, 0.25) is 0 Å². The summed E-state index contributed by atoms with van der Waals surface area (Å²) in [7, 11) is 0. The molecule has 0 spiro atoms. The van der Waals surface area contributed by atoms with Crippen molar-refractivity contribution in [3.8, 4) is 0 Å². The first-order valence-corrected chi connectivity index (χ1v) is 9.67. The summed E-state index contributed by atoms with van der Waals surface area (Å²) in [5.74, 6) is -0.00435. The quantitative estimate of drug-likeness (QED) is 0.742. The van der Waals surface area contributed by atoms with Crippen molar-refractivity contribution in [3.63, 3.8) is 0 Å². The monoisotopic (exact) mass is 377 g/mol. The van der Waals surface area contributed by atoms with Gasteiger partial charge in [-0.15, -0.1) is 0 Å². The van der Waals surface area contributed by atoms with Crippen LogP contribution in [0.2, 0.25) is 0 Å². The van der Waals surface area contributed by atoms with Crippen LogP contribution in [0.5, 0.6) is 0 Å². The van der Waals surface area contributed by atoms with Gasteiger partial charge >= 0.3 is 0 Å². The second kappa shape index (κ2) is 6.55. The number of nitrogens with one attached hydrogen (secondary N) is 1. The zero-order chi connectivity index (χ0) is 19.3. The molecule has 2 bridgehead atoms. The predicted octanol–water partition coefficient (Wildman–Crippen LogP) is 3.61. The molecule has 1 aromatic heterocycles. The number of hydrogen-bond donors (Lipinski definition) is 1. The molecule has 142 valence electrons. The van der Waals surface area contributed by atoms with E-state index in [1.807, 2.05) is 23.1 Å². The number of H-pyrrole nitrogens is 1. The summed E-state index contributed by atoms with van der Waals surface area (Å²) in [4.78, 5) is 27.4. The number of carbonyl (C=O) groups is 1. The Hall–Kier alpha value is -3.02. The number of aromatic nitrogens is 2. The van der Waals surface area contributed by atoms with Crippen LogP contribution in [0.1, 0.15) is 47.7 Å². The Kier molecular flexibility index (Phi) is 4.00. The number of halogens is 1. The number of fused-ring (bicyclic) bond motifs is 3. The molecule has 3 aromatic rings. The Morgan fingerprint density at radius 1 is 1.00 bits per heavy atom. The lowest BCUT2D eigenvalue weighted by Gasteiger charge is -2.39. The molecule has 3 atom stereocenters.